The maximum Gasteiger partial charge on any atom is 0.337 e. The first-order chi connectivity index (χ1) is 18.5. The smallest absolute Gasteiger partial charge is 0.337 e. The summed E-state index contributed by atoms with van der Waals surface area (Å²) < 4.78 is 29.1. The molecule has 0 aliphatic heterocycles. The van der Waals surface area contributed by atoms with Crippen molar-refractivity contribution in [3.05, 3.63) is 41.2 Å². The van der Waals surface area contributed by atoms with Gasteiger partial charge in [-0.25, -0.2) is 4.79 Å². The number of methoxy groups -OCH3 is 1. The molecule has 0 N–H and O–H groups in total. The number of carbonyl (C=O) groups is 3. The largest absolute Gasteiger partial charge is 0.546 e. The Hall–Kier alpha value is -2.81. The summed E-state index contributed by atoms with van der Waals surface area (Å²) >= 11 is 0. The lowest BCUT2D eigenvalue weighted by Gasteiger charge is -2.40. The van der Waals surface area contributed by atoms with Crippen molar-refractivity contribution in [2.75, 3.05) is 7.11 Å². The van der Waals surface area contributed by atoms with Crippen molar-refractivity contribution in [2.45, 2.75) is 118 Å². The Labute approximate surface area is 240 Å². The first-order valence-electron chi connectivity index (χ1n) is 14.2. The topological polar surface area (TPSA) is 97.4 Å². The molecular weight excluding hydrogens is 528 g/mol. The molecule has 0 unspecified atom stereocenters. The van der Waals surface area contributed by atoms with Gasteiger partial charge in [0.15, 0.2) is 5.41 Å². The molecule has 9 heteroatoms. The summed E-state index contributed by atoms with van der Waals surface area (Å²) in [7, 11) is -0.596. The number of hydrogen-bond donors (Lipinski definition) is 0. The van der Waals surface area contributed by atoms with E-state index in [1.54, 1.807) is 60.8 Å². The van der Waals surface area contributed by atoms with Crippen molar-refractivity contribution >= 4 is 26.2 Å². The zero-order valence-electron chi connectivity index (χ0n) is 26.0. The fraction of sp³-hybridized carbons (Fsp3) is 0.645. The van der Waals surface area contributed by atoms with Crippen LogP contribution in [0.3, 0.4) is 0 Å². The zero-order chi connectivity index (χ0) is 30.4. The van der Waals surface area contributed by atoms with Crippen LogP contribution >= 0.6 is 0 Å². The first kappa shape index (κ1) is 33.4. The van der Waals surface area contributed by atoms with Gasteiger partial charge in [-0.2, -0.15) is 0 Å². The molecule has 0 aromatic heterocycles. The highest BCUT2D eigenvalue weighted by Gasteiger charge is 2.55. The third-order valence-electron chi connectivity index (χ3n) is 7.22. The molecule has 1 aromatic rings. The SMILES string of the molecule is CC[Si](CC)(CC)OC1=C(C(=O)OCc2ccc(OC)cc2)CC(C(=O)OC(C)(C)C)(C(=O)OC(C)(C)C)CC1. The van der Waals surface area contributed by atoms with Crippen LogP contribution in [0.1, 0.15) is 87.1 Å². The number of rotatable bonds is 11. The van der Waals surface area contributed by atoms with E-state index in [0.717, 1.165) is 23.7 Å². The van der Waals surface area contributed by atoms with Crippen LogP contribution in [0.15, 0.2) is 35.6 Å². The number of ether oxygens (including phenoxy) is 4. The minimum absolute atomic E-state index is 0.0172. The van der Waals surface area contributed by atoms with E-state index in [9.17, 15) is 14.4 Å². The summed E-state index contributed by atoms with van der Waals surface area (Å²) in [4.78, 5) is 41.1. The van der Waals surface area contributed by atoms with Crippen LogP contribution in [-0.2, 0) is 39.6 Å². The lowest BCUT2D eigenvalue weighted by Crippen LogP contribution is -2.49. The fourth-order valence-electron chi connectivity index (χ4n) is 4.63. The second-order valence-corrected chi connectivity index (χ2v) is 17.1. The average Bonchev–Trinajstić information content (AvgIpc) is 2.88. The van der Waals surface area contributed by atoms with E-state index in [0.29, 0.717) is 11.5 Å². The predicted molar refractivity (Wildman–Crippen MR) is 156 cm³/mol. The van der Waals surface area contributed by atoms with E-state index in [1.807, 2.05) is 12.1 Å². The highest BCUT2D eigenvalue weighted by atomic mass is 28.4. The maximum absolute atomic E-state index is 13.7. The summed E-state index contributed by atoms with van der Waals surface area (Å²) in [5.41, 5.74) is -2.40. The third-order valence-corrected chi connectivity index (χ3v) is 11.8. The number of carbonyl (C=O) groups excluding carboxylic acids is 3. The van der Waals surface area contributed by atoms with E-state index >= 15 is 0 Å². The van der Waals surface area contributed by atoms with Gasteiger partial charge >= 0.3 is 17.9 Å². The lowest BCUT2D eigenvalue weighted by molar-refractivity contribution is -0.186. The molecule has 1 aliphatic carbocycles. The molecule has 0 amide bonds. The third kappa shape index (κ3) is 8.59. The molecule has 0 heterocycles. The molecule has 40 heavy (non-hydrogen) atoms. The van der Waals surface area contributed by atoms with Gasteiger partial charge in [-0.05, 0) is 83.8 Å². The molecule has 0 saturated carbocycles. The maximum atomic E-state index is 13.7. The molecular formula is C31H48O8Si. The van der Waals surface area contributed by atoms with Gasteiger partial charge in [0.1, 0.15) is 23.6 Å². The van der Waals surface area contributed by atoms with Gasteiger partial charge in [0.05, 0.1) is 18.4 Å². The van der Waals surface area contributed by atoms with Gasteiger partial charge < -0.3 is 23.4 Å². The standard InChI is InChI=1S/C31H48O8Si/c1-11-40(12-2,13-3)39-25-18-19-31(27(33)37-29(4,5)6,28(34)38-30(7,8)9)20-24(25)26(32)36-21-22-14-16-23(35-10)17-15-22/h14-17H,11-13,18-21H2,1-10H3. The highest BCUT2D eigenvalue weighted by Crippen LogP contribution is 2.45. The predicted octanol–water partition coefficient (Wildman–Crippen LogP) is 6.87. The number of benzene rings is 1. The Balaban J connectivity index is 2.55. The van der Waals surface area contributed by atoms with Crippen LogP contribution in [0.2, 0.25) is 18.1 Å². The van der Waals surface area contributed by atoms with Crippen molar-refractivity contribution < 1.29 is 37.8 Å². The minimum Gasteiger partial charge on any atom is -0.546 e. The minimum atomic E-state index is -2.18. The lowest BCUT2D eigenvalue weighted by atomic mass is 9.73. The zero-order valence-corrected chi connectivity index (χ0v) is 27.0. The molecule has 0 fully saturated rings. The van der Waals surface area contributed by atoms with Crippen molar-refractivity contribution in [3.63, 3.8) is 0 Å². The first-order valence-corrected chi connectivity index (χ1v) is 16.7. The van der Waals surface area contributed by atoms with Crippen LogP contribution in [0.25, 0.3) is 0 Å². The molecule has 0 atom stereocenters. The Morgan fingerprint density at radius 3 is 1.77 bits per heavy atom. The Morgan fingerprint density at radius 1 is 0.850 bits per heavy atom. The summed E-state index contributed by atoms with van der Waals surface area (Å²) in [5.74, 6) is -0.828. The van der Waals surface area contributed by atoms with Crippen LogP contribution in [-0.4, -0.2) is 44.5 Å². The monoisotopic (exact) mass is 576 g/mol. The summed E-state index contributed by atoms with van der Waals surface area (Å²) in [6, 6.07) is 9.83. The second-order valence-electron chi connectivity index (χ2n) is 12.4. The summed E-state index contributed by atoms with van der Waals surface area (Å²) in [6.45, 7) is 16.8. The van der Waals surface area contributed by atoms with Crippen molar-refractivity contribution in [1.29, 1.82) is 0 Å². The molecule has 0 bridgehead atoms. The van der Waals surface area contributed by atoms with Gasteiger partial charge in [0, 0.05) is 12.8 Å². The molecule has 0 saturated heterocycles. The average molecular weight is 577 g/mol. The quantitative estimate of drug-likeness (QED) is 0.122. The molecule has 8 nitrogen and oxygen atoms in total. The molecule has 1 aromatic carbocycles. The van der Waals surface area contributed by atoms with E-state index in [1.165, 1.54) is 0 Å². The van der Waals surface area contributed by atoms with E-state index < -0.39 is 42.8 Å². The van der Waals surface area contributed by atoms with Crippen LogP contribution in [0.5, 0.6) is 5.75 Å². The normalized spacial score (nSPS) is 15.8. The van der Waals surface area contributed by atoms with E-state index in [-0.39, 0.29) is 31.4 Å². The van der Waals surface area contributed by atoms with Crippen LogP contribution < -0.4 is 4.74 Å². The molecule has 224 valence electrons. The van der Waals surface area contributed by atoms with Crippen LogP contribution in [0, 0.1) is 5.41 Å². The van der Waals surface area contributed by atoms with Gasteiger partial charge in [-0.3, -0.25) is 9.59 Å². The van der Waals surface area contributed by atoms with Gasteiger partial charge in [-0.1, -0.05) is 32.9 Å². The number of hydrogen-bond acceptors (Lipinski definition) is 8. The molecule has 1 aliphatic rings. The highest BCUT2D eigenvalue weighted by molar-refractivity contribution is 6.73. The van der Waals surface area contributed by atoms with Gasteiger partial charge in [-0.15, -0.1) is 0 Å². The van der Waals surface area contributed by atoms with Gasteiger partial charge in [0.25, 0.3) is 0 Å². The Morgan fingerprint density at radius 2 is 1.35 bits per heavy atom. The summed E-state index contributed by atoms with van der Waals surface area (Å²) in [5, 5.41) is 0. The molecule has 0 radical (unpaired) electrons. The van der Waals surface area contributed by atoms with Crippen LogP contribution in [0.4, 0.5) is 0 Å². The van der Waals surface area contributed by atoms with Crippen molar-refractivity contribution in [3.8, 4) is 5.75 Å². The molecule has 0 spiro atoms. The fourth-order valence-corrected chi connectivity index (χ4v) is 7.32. The number of esters is 3. The van der Waals surface area contributed by atoms with Crippen molar-refractivity contribution in [1.82, 2.24) is 0 Å². The Kier molecular flexibility index (Phi) is 11.0. The summed E-state index contributed by atoms with van der Waals surface area (Å²) in [6.07, 6.45) is 0.123. The Bertz CT molecular complexity index is 1040. The van der Waals surface area contributed by atoms with Gasteiger partial charge in [0.2, 0.25) is 8.32 Å². The van der Waals surface area contributed by atoms with E-state index in [2.05, 4.69) is 20.8 Å². The molecule has 2 rings (SSSR count). The second kappa shape index (κ2) is 13.2. The number of allylic oxidation sites excluding steroid dienone is 1. The van der Waals surface area contributed by atoms with E-state index in [4.69, 9.17) is 23.4 Å². The van der Waals surface area contributed by atoms with Crippen molar-refractivity contribution in [2.24, 2.45) is 5.41 Å².